The quantitative estimate of drug-likeness (QED) is 0.555. The number of hydrogen-bond donors (Lipinski definition) is 1. The van der Waals surface area contributed by atoms with Crippen molar-refractivity contribution in [3.63, 3.8) is 0 Å². The van der Waals surface area contributed by atoms with Crippen molar-refractivity contribution in [1.29, 1.82) is 0 Å². The van der Waals surface area contributed by atoms with Gasteiger partial charge in [-0.15, -0.1) is 0 Å². The number of hydrogen-bond acceptors (Lipinski definition) is 3. The Labute approximate surface area is 181 Å². The van der Waals surface area contributed by atoms with E-state index >= 15 is 0 Å². The van der Waals surface area contributed by atoms with Gasteiger partial charge in [0.15, 0.2) is 0 Å². The second-order valence-electron chi connectivity index (χ2n) is 7.88. The number of nitrogens with one attached hydrogen (secondary N) is 1. The normalized spacial score (nSPS) is 12.4. The van der Waals surface area contributed by atoms with Crippen LogP contribution in [-0.4, -0.2) is 27.4 Å². The lowest BCUT2D eigenvalue weighted by Gasteiger charge is -2.25. The smallest absolute Gasteiger partial charge is 0.264 e. The summed E-state index contributed by atoms with van der Waals surface area (Å²) in [5, 5.41) is 2.94. The Morgan fingerprint density at radius 1 is 0.967 bits per heavy atom. The number of amides is 1. The molecule has 0 bridgehead atoms. The van der Waals surface area contributed by atoms with Gasteiger partial charge in [-0.1, -0.05) is 68.5 Å². The highest BCUT2D eigenvalue weighted by molar-refractivity contribution is 7.92. The van der Waals surface area contributed by atoms with Gasteiger partial charge in [0.1, 0.15) is 6.54 Å². The van der Waals surface area contributed by atoms with Gasteiger partial charge >= 0.3 is 0 Å². The molecule has 2 aromatic rings. The molecular formula is C24H34N2O3S. The molecule has 0 saturated heterocycles. The molecule has 0 aromatic heterocycles. The first-order valence-electron chi connectivity index (χ1n) is 10.7. The molecule has 164 valence electrons. The molecule has 1 N–H and O–H groups in total. The van der Waals surface area contributed by atoms with Crippen molar-refractivity contribution in [2.24, 2.45) is 5.92 Å². The van der Waals surface area contributed by atoms with Crippen molar-refractivity contribution in [3.8, 4) is 0 Å². The zero-order valence-electron chi connectivity index (χ0n) is 18.5. The van der Waals surface area contributed by atoms with E-state index in [1.807, 2.05) is 26.0 Å². The third kappa shape index (κ3) is 6.59. The Bertz CT molecular complexity index is 906. The van der Waals surface area contributed by atoms with Gasteiger partial charge in [-0.25, -0.2) is 8.42 Å². The van der Waals surface area contributed by atoms with E-state index in [2.05, 4.69) is 19.2 Å². The Morgan fingerprint density at radius 2 is 1.53 bits per heavy atom. The fourth-order valence-corrected chi connectivity index (χ4v) is 4.67. The minimum absolute atomic E-state index is 0.177. The minimum Gasteiger partial charge on any atom is -0.354 e. The SMILES string of the molecule is CCCC[C@H](CC)CNC(=O)CN(c1ccc(C)cc1)S(=O)(=O)c1ccc(C)cc1. The van der Waals surface area contributed by atoms with Crippen molar-refractivity contribution in [2.45, 2.75) is 58.3 Å². The maximum atomic E-state index is 13.3. The fourth-order valence-electron chi connectivity index (χ4n) is 3.25. The Hall–Kier alpha value is -2.34. The number of rotatable bonds is 11. The monoisotopic (exact) mass is 430 g/mol. The Balaban J connectivity index is 2.23. The highest BCUT2D eigenvalue weighted by Crippen LogP contribution is 2.24. The molecule has 1 amide bonds. The number of carbonyl (C=O) groups excluding carboxylic acids is 1. The molecule has 0 spiro atoms. The van der Waals surface area contributed by atoms with Gasteiger partial charge in [-0.2, -0.15) is 0 Å². The van der Waals surface area contributed by atoms with E-state index in [4.69, 9.17) is 0 Å². The molecular weight excluding hydrogens is 396 g/mol. The van der Waals surface area contributed by atoms with Gasteiger partial charge in [0, 0.05) is 6.54 Å². The molecule has 0 radical (unpaired) electrons. The summed E-state index contributed by atoms with van der Waals surface area (Å²) in [4.78, 5) is 12.9. The van der Waals surface area contributed by atoms with E-state index in [0.29, 0.717) is 18.2 Å². The second kappa shape index (κ2) is 11.2. The lowest BCUT2D eigenvalue weighted by molar-refractivity contribution is -0.119. The van der Waals surface area contributed by atoms with E-state index < -0.39 is 10.0 Å². The van der Waals surface area contributed by atoms with Crippen LogP contribution in [0.25, 0.3) is 0 Å². The molecule has 5 nitrogen and oxygen atoms in total. The van der Waals surface area contributed by atoms with Gasteiger partial charge in [0.05, 0.1) is 10.6 Å². The standard InChI is InChI=1S/C24H34N2O3S/c1-5-7-8-21(6-2)17-25-24(27)18-26(22-13-9-19(3)10-14-22)30(28,29)23-15-11-20(4)12-16-23/h9-16,21H,5-8,17-18H2,1-4H3,(H,25,27)/t21-/m0/s1. The number of nitrogens with zero attached hydrogens (tertiary/aromatic N) is 1. The maximum absolute atomic E-state index is 13.3. The van der Waals surface area contributed by atoms with E-state index in [9.17, 15) is 13.2 Å². The number of sulfonamides is 1. The molecule has 0 heterocycles. The molecule has 30 heavy (non-hydrogen) atoms. The molecule has 0 aliphatic rings. The molecule has 2 aromatic carbocycles. The summed E-state index contributed by atoms with van der Waals surface area (Å²) in [6, 6.07) is 13.9. The van der Waals surface area contributed by atoms with Gasteiger partial charge in [0.25, 0.3) is 10.0 Å². The summed E-state index contributed by atoms with van der Waals surface area (Å²) in [6.45, 7) is 8.44. The van der Waals surface area contributed by atoms with E-state index in [-0.39, 0.29) is 17.3 Å². The summed E-state index contributed by atoms with van der Waals surface area (Å²) in [5.74, 6) is 0.122. The molecule has 0 aliphatic carbocycles. The molecule has 2 rings (SSSR count). The van der Waals surface area contributed by atoms with Crippen LogP contribution in [0.5, 0.6) is 0 Å². The topological polar surface area (TPSA) is 66.5 Å². The van der Waals surface area contributed by atoms with Crippen LogP contribution in [-0.2, 0) is 14.8 Å². The summed E-state index contributed by atoms with van der Waals surface area (Å²) in [5.41, 5.74) is 2.48. The van der Waals surface area contributed by atoms with Crippen LogP contribution in [0.1, 0.15) is 50.7 Å². The average molecular weight is 431 g/mol. The lowest BCUT2D eigenvalue weighted by atomic mass is 9.99. The lowest BCUT2D eigenvalue weighted by Crippen LogP contribution is -2.42. The first kappa shape index (κ1) is 23.9. The first-order chi connectivity index (χ1) is 14.3. The van der Waals surface area contributed by atoms with Crippen LogP contribution >= 0.6 is 0 Å². The van der Waals surface area contributed by atoms with Crippen molar-refractivity contribution in [3.05, 3.63) is 59.7 Å². The average Bonchev–Trinajstić information content (AvgIpc) is 2.73. The summed E-state index contributed by atoms with van der Waals surface area (Å²) >= 11 is 0. The van der Waals surface area contributed by atoms with Gasteiger partial charge < -0.3 is 5.32 Å². The summed E-state index contributed by atoms with van der Waals surface area (Å²) in [6.07, 6.45) is 4.31. The number of carbonyl (C=O) groups is 1. The Morgan fingerprint density at radius 3 is 2.07 bits per heavy atom. The number of aryl methyl sites for hydroxylation is 2. The predicted molar refractivity (Wildman–Crippen MR) is 123 cm³/mol. The molecule has 0 fully saturated rings. The molecule has 1 atom stereocenters. The number of unbranched alkanes of at least 4 members (excludes halogenated alkanes) is 1. The molecule has 0 aliphatic heterocycles. The molecule has 0 unspecified atom stereocenters. The van der Waals surface area contributed by atoms with Gasteiger partial charge in [-0.3, -0.25) is 9.10 Å². The summed E-state index contributed by atoms with van der Waals surface area (Å²) < 4.78 is 27.9. The second-order valence-corrected chi connectivity index (χ2v) is 9.74. The highest BCUT2D eigenvalue weighted by Gasteiger charge is 2.27. The van der Waals surface area contributed by atoms with Crippen molar-refractivity contribution >= 4 is 21.6 Å². The van der Waals surface area contributed by atoms with Gasteiger partial charge in [-0.05, 0) is 50.5 Å². The number of benzene rings is 2. The third-order valence-corrected chi connectivity index (χ3v) is 7.14. The maximum Gasteiger partial charge on any atom is 0.264 e. The zero-order valence-corrected chi connectivity index (χ0v) is 19.3. The largest absolute Gasteiger partial charge is 0.354 e. The zero-order chi connectivity index (χ0) is 22.1. The van der Waals surface area contributed by atoms with Crippen molar-refractivity contribution in [2.75, 3.05) is 17.4 Å². The van der Waals surface area contributed by atoms with Crippen LogP contribution in [0.3, 0.4) is 0 Å². The molecule has 0 saturated carbocycles. The third-order valence-electron chi connectivity index (χ3n) is 5.35. The fraction of sp³-hybridized carbons (Fsp3) is 0.458. The highest BCUT2D eigenvalue weighted by atomic mass is 32.2. The molecule has 6 heteroatoms. The van der Waals surface area contributed by atoms with Crippen molar-refractivity contribution in [1.82, 2.24) is 5.32 Å². The van der Waals surface area contributed by atoms with Crippen LogP contribution < -0.4 is 9.62 Å². The van der Waals surface area contributed by atoms with E-state index in [1.165, 1.54) is 4.31 Å². The van der Waals surface area contributed by atoms with Gasteiger partial charge in [0.2, 0.25) is 5.91 Å². The first-order valence-corrected chi connectivity index (χ1v) is 12.1. The predicted octanol–water partition coefficient (Wildman–Crippen LogP) is 4.83. The van der Waals surface area contributed by atoms with E-state index in [0.717, 1.165) is 36.8 Å². The van der Waals surface area contributed by atoms with E-state index in [1.54, 1.807) is 36.4 Å². The van der Waals surface area contributed by atoms with Crippen molar-refractivity contribution < 1.29 is 13.2 Å². The Kier molecular flexibility index (Phi) is 8.90. The summed E-state index contributed by atoms with van der Waals surface area (Å²) in [7, 11) is -3.86. The van der Waals surface area contributed by atoms with Crippen LogP contribution in [0.15, 0.2) is 53.4 Å². The van der Waals surface area contributed by atoms with Crippen LogP contribution in [0.2, 0.25) is 0 Å². The number of anilines is 1. The van der Waals surface area contributed by atoms with Crippen LogP contribution in [0, 0.1) is 19.8 Å². The van der Waals surface area contributed by atoms with Crippen LogP contribution in [0.4, 0.5) is 5.69 Å². The minimum atomic E-state index is -3.86.